The minimum Gasteiger partial charge on any atom is -0.391 e. The zero-order valence-electron chi connectivity index (χ0n) is 14.4. The number of benzene rings is 2. The monoisotopic (exact) mass is 347 g/mol. The molecule has 5 heteroatoms. The van der Waals surface area contributed by atoms with E-state index in [1.165, 1.54) is 0 Å². The lowest BCUT2D eigenvalue weighted by atomic mass is 10.1. The van der Waals surface area contributed by atoms with Crippen LogP contribution < -0.4 is 10.2 Å². The van der Waals surface area contributed by atoms with Gasteiger partial charge in [-0.3, -0.25) is 4.79 Å². The van der Waals surface area contributed by atoms with E-state index in [2.05, 4.69) is 10.2 Å². The second kappa shape index (κ2) is 7.14. The fourth-order valence-corrected chi connectivity index (χ4v) is 3.39. The Balaban J connectivity index is 1.73. The summed E-state index contributed by atoms with van der Waals surface area (Å²) in [6.45, 7) is 1.38. The second-order valence-electron chi connectivity index (χ2n) is 6.61. The number of hydrogen-bond donors (Lipinski definition) is 2. The highest BCUT2D eigenvalue weighted by Crippen LogP contribution is 2.26. The van der Waals surface area contributed by atoms with Crippen LogP contribution >= 0.6 is 0 Å². The fourth-order valence-electron chi connectivity index (χ4n) is 3.39. The van der Waals surface area contributed by atoms with Crippen molar-refractivity contribution in [2.45, 2.75) is 18.9 Å². The van der Waals surface area contributed by atoms with Crippen molar-refractivity contribution >= 4 is 28.3 Å². The molecule has 0 aliphatic carbocycles. The van der Waals surface area contributed by atoms with E-state index in [-0.39, 0.29) is 12.0 Å². The Morgan fingerprint density at radius 3 is 2.69 bits per heavy atom. The molecule has 1 saturated heterocycles. The number of aromatic nitrogens is 1. The van der Waals surface area contributed by atoms with E-state index in [1.54, 1.807) is 0 Å². The quantitative estimate of drug-likeness (QED) is 0.762. The van der Waals surface area contributed by atoms with Crippen LogP contribution in [0.4, 0.5) is 11.5 Å². The molecular formula is C21H21N3O2. The third kappa shape index (κ3) is 3.39. The molecule has 26 heavy (non-hydrogen) atoms. The fraction of sp³-hybridized carbons (Fsp3) is 0.238. The second-order valence-corrected chi connectivity index (χ2v) is 6.61. The minimum absolute atomic E-state index is 0.159. The number of β-amino-alcohol motifs (C(OH)–C–C–N with tert-alkyl or cyclic N) is 1. The van der Waals surface area contributed by atoms with Crippen molar-refractivity contribution in [2.75, 3.05) is 23.3 Å². The number of carbonyl (C=O) groups excluding carboxylic acids is 1. The molecule has 2 aromatic carbocycles. The maximum atomic E-state index is 12.9. The highest BCUT2D eigenvalue weighted by atomic mass is 16.3. The molecule has 0 saturated carbocycles. The topological polar surface area (TPSA) is 65.5 Å². The largest absolute Gasteiger partial charge is 0.391 e. The maximum Gasteiger partial charge on any atom is 0.256 e. The SMILES string of the molecule is O=C(Nc1ccccc1)c1cc(N2CCCC(O)C2)nc2ccccc12. The van der Waals surface area contributed by atoms with Crippen LogP contribution in [0.2, 0.25) is 0 Å². The number of para-hydroxylation sites is 2. The lowest BCUT2D eigenvalue weighted by molar-refractivity contribution is 0.102. The summed E-state index contributed by atoms with van der Waals surface area (Å²) in [7, 11) is 0. The van der Waals surface area contributed by atoms with Gasteiger partial charge in [0.2, 0.25) is 0 Å². The summed E-state index contributed by atoms with van der Waals surface area (Å²) >= 11 is 0. The lowest BCUT2D eigenvalue weighted by Crippen LogP contribution is -2.38. The van der Waals surface area contributed by atoms with Gasteiger partial charge in [0, 0.05) is 24.2 Å². The Morgan fingerprint density at radius 2 is 1.88 bits per heavy atom. The average Bonchev–Trinajstić information content (AvgIpc) is 2.68. The standard InChI is InChI=1S/C21H21N3O2/c25-16-9-6-12-24(14-16)20-13-18(17-10-4-5-11-19(17)23-20)21(26)22-15-7-2-1-3-8-15/h1-5,7-8,10-11,13,16,25H,6,9,12,14H2,(H,22,26). The Morgan fingerprint density at radius 1 is 1.12 bits per heavy atom. The van der Waals surface area contributed by atoms with Gasteiger partial charge >= 0.3 is 0 Å². The van der Waals surface area contributed by atoms with Crippen LogP contribution in [0.3, 0.4) is 0 Å². The molecule has 1 aliphatic rings. The van der Waals surface area contributed by atoms with Crippen LogP contribution in [0.15, 0.2) is 60.7 Å². The van der Waals surface area contributed by atoms with Crippen LogP contribution in [-0.2, 0) is 0 Å². The molecule has 132 valence electrons. The van der Waals surface area contributed by atoms with Crippen molar-refractivity contribution in [1.29, 1.82) is 0 Å². The van der Waals surface area contributed by atoms with Gasteiger partial charge in [-0.2, -0.15) is 0 Å². The summed E-state index contributed by atoms with van der Waals surface area (Å²) in [5, 5.41) is 13.8. The first-order valence-corrected chi connectivity index (χ1v) is 8.90. The van der Waals surface area contributed by atoms with E-state index in [0.717, 1.165) is 41.8 Å². The number of piperidine rings is 1. The third-order valence-corrected chi connectivity index (χ3v) is 4.70. The van der Waals surface area contributed by atoms with Crippen LogP contribution in [0.5, 0.6) is 0 Å². The van der Waals surface area contributed by atoms with Gasteiger partial charge in [-0.25, -0.2) is 4.98 Å². The van der Waals surface area contributed by atoms with Crippen LogP contribution in [0.1, 0.15) is 23.2 Å². The molecule has 1 unspecified atom stereocenters. The summed E-state index contributed by atoms with van der Waals surface area (Å²) in [6.07, 6.45) is 1.38. The average molecular weight is 347 g/mol. The molecule has 1 aliphatic heterocycles. The zero-order chi connectivity index (χ0) is 17.9. The summed E-state index contributed by atoms with van der Waals surface area (Å²) in [5.74, 6) is 0.578. The minimum atomic E-state index is -0.349. The maximum absolute atomic E-state index is 12.9. The number of rotatable bonds is 3. The normalized spacial score (nSPS) is 17.3. The van der Waals surface area contributed by atoms with Crippen LogP contribution in [0, 0.1) is 0 Å². The van der Waals surface area contributed by atoms with E-state index in [0.29, 0.717) is 12.1 Å². The van der Waals surface area contributed by atoms with Crippen molar-refractivity contribution in [3.63, 3.8) is 0 Å². The van der Waals surface area contributed by atoms with Gasteiger partial charge in [0.25, 0.3) is 5.91 Å². The number of nitrogens with one attached hydrogen (secondary N) is 1. The smallest absolute Gasteiger partial charge is 0.256 e. The molecule has 1 fully saturated rings. The van der Waals surface area contributed by atoms with E-state index in [4.69, 9.17) is 4.98 Å². The molecule has 5 nitrogen and oxygen atoms in total. The first kappa shape index (κ1) is 16.5. The molecule has 1 atom stereocenters. The number of nitrogens with zero attached hydrogens (tertiary/aromatic N) is 2. The Labute approximate surface area is 152 Å². The molecule has 0 bridgehead atoms. The first-order chi connectivity index (χ1) is 12.7. The molecule has 2 N–H and O–H groups in total. The van der Waals surface area contributed by atoms with E-state index in [9.17, 15) is 9.90 Å². The van der Waals surface area contributed by atoms with Gasteiger partial charge in [-0.1, -0.05) is 36.4 Å². The summed E-state index contributed by atoms with van der Waals surface area (Å²) in [5.41, 5.74) is 2.13. The van der Waals surface area contributed by atoms with Crippen molar-refractivity contribution in [1.82, 2.24) is 4.98 Å². The molecule has 1 aromatic heterocycles. The van der Waals surface area contributed by atoms with E-state index in [1.807, 2.05) is 60.7 Å². The molecule has 4 rings (SSSR count). The third-order valence-electron chi connectivity index (χ3n) is 4.70. The zero-order valence-corrected chi connectivity index (χ0v) is 14.4. The number of aliphatic hydroxyl groups is 1. The molecule has 0 radical (unpaired) electrons. The molecule has 2 heterocycles. The van der Waals surface area contributed by atoms with Gasteiger partial charge in [-0.05, 0) is 37.1 Å². The lowest BCUT2D eigenvalue weighted by Gasteiger charge is -2.31. The van der Waals surface area contributed by atoms with Crippen molar-refractivity contribution in [2.24, 2.45) is 0 Å². The van der Waals surface area contributed by atoms with Crippen LogP contribution in [-0.4, -0.2) is 35.2 Å². The van der Waals surface area contributed by atoms with Crippen molar-refractivity contribution in [3.05, 3.63) is 66.2 Å². The number of carbonyl (C=O) groups is 1. The summed E-state index contributed by atoms with van der Waals surface area (Å²) in [4.78, 5) is 19.7. The van der Waals surface area contributed by atoms with Gasteiger partial charge < -0.3 is 15.3 Å². The Bertz CT molecular complexity index is 927. The number of aliphatic hydroxyl groups excluding tert-OH is 1. The van der Waals surface area contributed by atoms with E-state index < -0.39 is 0 Å². The van der Waals surface area contributed by atoms with Crippen molar-refractivity contribution in [3.8, 4) is 0 Å². The number of pyridine rings is 1. The number of amides is 1. The van der Waals surface area contributed by atoms with Gasteiger partial charge in [0.05, 0.1) is 17.2 Å². The molecular weight excluding hydrogens is 326 g/mol. The first-order valence-electron chi connectivity index (χ1n) is 8.90. The molecule has 3 aromatic rings. The van der Waals surface area contributed by atoms with Gasteiger partial charge in [-0.15, -0.1) is 0 Å². The molecule has 0 spiro atoms. The summed E-state index contributed by atoms with van der Waals surface area (Å²) in [6, 6.07) is 18.9. The van der Waals surface area contributed by atoms with Gasteiger partial charge in [0.1, 0.15) is 5.82 Å². The van der Waals surface area contributed by atoms with Gasteiger partial charge in [0.15, 0.2) is 0 Å². The Kier molecular flexibility index (Phi) is 4.54. The number of hydrogen-bond acceptors (Lipinski definition) is 4. The molecule has 1 amide bonds. The van der Waals surface area contributed by atoms with Crippen molar-refractivity contribution < 1.29 is 9.90 Å². The number of fused-ring (bicyclic) bond motifs is 1. The Hall–Kier alpha value is -2.92. The van der Waals surface area contributed by atoms with Crippen LogP contribution in [0.25, 0.3) is 10.9 Å². The summed E-state index contributed by atoms with van der Waals surface area (Å²) < 4.78 is 0. The van der Waals surface area contributed by atoms with E-state index >= 15 is 0 Å². The predicted octanol–water partition coefficient (Wildman–Crippen LogP) is 3.45. The highest BCUT2D eigenvalue weighted by molar-refractivity contribution is 6.13. The predicted molar refractivity (Wildman–Crippen MR) is 104 cm³/mol. The number of anilines is 2. The highest BCUT2D eigenvalue weighted by Gasteiger charge is 2.21.